The molecular weight excluding hydrogens is 409 g/mol. The van der Waals surface area contributed by atoms with Crippen LogP contribution in [0.1, 0.15) is 23.7 Å². The summed E-state index contributed by atoms with van der Waals surface area (Å²) in [5.41, 5.74) is 0.488. The molecule has 0 aliphatic rings. The second kappa shape index (κ2) is 11.1. The van der Waals surface area contributed by atoms with E-state index in [1.54, 1.807) is 24.3 Å². The lowest BCUT2D eigenvalue weighted by Crippen LogP contribution is -2.32. The number of para-hydroxylation sites is 1. The van der Waals surface area contributed by atoms with Gasteiger partial charge in [-0.3, -0.25) is 9.52 Å². The summed E-state index contributed by atoms with van der Waals surface area (Å²) in [7, 11) is -3.82. The van der Waals surface area contributed by atoms with Crippen molar-refractivity contribution in [3.05, 3.63) is 59.1 Å². The zero-order chi connectivity index (χ0) is 19.0. The van der Waals surface area contributed by atoms with Crippen LogP contribution in [0, 0.1) is 0 Å². The van der Waals surface area contributed by atoms with Crippen LogP contribution in [0.3, 0.4) is 0 Å². The Bertz CT molecular complexity index is 843. The summed E-state index contributed by atoms with van der Waals surface area (Å²) in [5.74, 6) is -0.335. The Morgan fingerprint density at radius 2 is 1.67 bits per heavy atom. The molecule has 27 heavy (non-hydrogen) atoms. The van der Waals surface area contributed by atoms with Crippen LogP contribution in [0.25, 0.3) is 0 Å². The number of carbonyl (C=O) groups excluding carboxylic acids is 1. The van der Waals surface area contributed by atoms with Crippen LogP contribution in [0.5, 0.6) is 0 Å². The van der Waals surface area contributed by atoms with Gasteiger partial charge in [-0.1, -0.05) is 30.7 Å². The van der Waals surface area contributed by atoms with E-state index in [-0.39, 0.29) is 34.5 Å². The average Bonchev–Trinajstić information content (AvgIpc) is 2.62. The summed E-state index contributed by atoms with van der Waals surface area (Å²) >= 11 is 5.80. The van der Waals surface area contributed by atoms with Gasteiger partial charge < -0.3 is 10.6 Å². The van der Waals surface area contributed by atoms with Crippen LogP contribution < -0.4 is 15.4 Å². The highest BCUT2D eigenvalue weighted by Gasteiger charge is 2.18. The number of benzene rings is 2. The monoisotopic (exact) mass is 431 g/mol. The third-order valence-corrected chi connectivity index (χ3v) is 5.19. The average molecular weight is 432 g/mol. The fourth-order valence-corrected chi connectivity index (χ4v) is 3.45. The molecule has 0 aromatic heterocycles. The maximum absolute atomic E-state index is 12.5. The molecule has 0 spiro atoms. The van der Waals surface area contributed by atoms with Crippen LogP contribution in [-0.2, 0) is 10.0 Å². The molecule has 0 atom stereocenters. The number of rotatable bonds is 9. The van der Waals surface area contributed by atoms with Crippen LogP contribution in [-0.4, -0.2) is 34.0 Å². The summed E-state index contributed by atoms with van der Waals surface area (Å²) in [5, 5.41) is 6.41. The molecule has 2 aromatic carbocycles. The highest BCUT2D eigenvalue weighted by Crippen LogP contribution is 2.21. The first-order valence-corrected chi connectivity index (χ1v) is 10.2. The molecule has 0 saturated carbocycles. The molecule has 3 N–H and O–H groups in total. The molecule has 2 rings (SSSR count). The third-order valence-electron chi connectivity index (χ3n) is 3.55. The topological polar surface area (TPSA) is 87.3 Å². The minimum Gasteiger partial charge on any atom is -0.351 e. The fourth-order valence-electron chi connectivity index (χ4n) is 2.25. The SMILES string of the molecule is CCCNCCNC(=O)c1ccccc1NS(=O)(=O)c1ccc(Cl)cc1.Cl. The van der Waals surface area contributed by atoms with Crippen molar-refractivity contribution in [1.29, 1.82) is 0 Å². The number of hydrogen-bond acceptors (Lipinski definition) is 4. The van der Waals surface area contributed by atoms with Gasteiger partial charge in [-0.2, -0.15) is 0 Å². The van der Waals surface area contributed by atoms with Gasteiger partial charge in [0.15, 0.2) is 0 Å². The van der Waals surface area contributed by atoms with Gasteiger partial charge in [-0.25, -0.2) is 8.42 Å². The Labute approximate surface area is 171 Å². The van der Waals surface area contributed by atoms with Gasteiger partial charge in [0.1, 0.15) is 0 Å². The minimum atomic E-state index is -3.82. The predicted octanol–water partition coefficient (Wildman–Crippen LogP) is 3.29. The number of hydrogen-bond donors (Lipinski definition) is 3. The molecule has 0 aliphatic carbocycles. The Morgan fingerprint density at radius 1 is 1.00 bits per heavy atom. The van der Waals surface area contributed by atoms with E-state index >= 15 is 0 Å². The van der Waals surface area contributed by atoms with E-state index in [1.807, 2.05) is 0 Å². The number of halogens is 2. The maximum Gasteiger partial charge on any atom is 0.261 e. The van der Waals surface area contributed by atoms with E-state index in [1.165, 1.54) is 24.3 Å². The van der Waals surface area contributed by atoms with E-state index in [9.17, 15) is 13.2 Å². The number of nitrogens with one attached hydrogen (secondary N) is 3. The normalized spacial score (nSPS) is 10.7. The zero-order valence-corrected chi connectivity index (χ0v) is 17.3. The maximum atomic E-state index is 12.5. The largest absolute Gasteiger partial charge is 0.351 e. The lowest BCUT2D eigenvalue weighted by atomic mass is 10.1. The van der Waals surface area contributed by atoms with Crippen molar-refractivity contribution in [3.63, 3.8) is 0 Å². The Kier molecular flexibility index (Phi) is 9.59. The Hall–Kier alpha value is -1.80. The highest BCUT2D eigenvalue weighted by molar-refractivity contribution is 7.92. The molecule has 148 valence electrons. The van der Waals surface area contributed by atoms with Gasteiger partial charge in [-0.15, -0.1) is 12.4 Å². The van der Waals surface area contributed by atoms with Gasteiger partial charge in [0.2, 0.25) is 0 Å². The van der Waals surface area contributed by atoms with Crippen LogP contribution >= 0.6 is 24.0 Å². The van der Waals surface area contributed by atoms with Crippen molar-refractivity contribution in [2.75, 3.05) is 24.4 Å². The standard InChI is InChI=1S/C18H22ClN3O3S.ClH/c1-2-11-20-12-13-21-18(23)16-5-3-4-6-17(16)22-26(24,25)15-9-7-14(19)8-10-15;/h3-10,20,22H,2,11-13H2,1H3,(H,21,23);1H. The lowest BCUT2D eigenvalue weighted by Gasteiger charge is -2.13. The number of amides is 1. The van der Waals surface area contributed by atoms with Crippen LogP contribution in [0.4, 0.5) is 5.69 Å². The van der Waals surface area contributed by atoms with E-state index in [0.29, 0.717) is 18.1 Å². The molecule has 0 bridgehead atoms. The quantitative estimate of drug-likeness (QED) is 0.531. The Morgan fingerprint density at radius 3 is 2.33 bits per heavy atom. The molecule has 0 saturated heterocycles. The summed E-state index contributed by atoms with van der Waals surface area (Å²) in [4.78, 5) is 12.4. The molecule has 2 aromatic rings. The third kappa shape index (κ3) is 7.03. The smallest absolute Gasteiger partial charge is 0.261 e. The van der Waals surface area contributed by atoms with E-state index < -0.39 is 10.0 Å². The van der Waals surface area contributed by atoms with Gasteiger partial charge >= 0.3 is 0 Å². The summed E-state index contributed by atoms with van der Waals surface area (Å²) < 4.78 is 27.5. The molecule has 9 heteroatoms. The van der Waals surface area contributed by atoms with Crippen molar-refractivity contribution in [3.8, 4) is 0 Å². The summed E-state index contributed by atoms with van der Waals surface area (Å²) in [6.07, 6.45) is 1.02. The first-order valence-electron chi connectivity index (χ1n) is 8.30. The van der Waals surface area contributed by atoms with Crippen LogP contribution in [0.2, 0.25) is 5.02 Å². The van der Waals surface area contributed by atoms with Gasteiger partial charge in [0.05, 0.1) is 16.1 Å². The molecule has 0 heterocycles. The molecular formula is C18H23Cl2N3O3S. The van der Waals surface area contributed by atoms with Crippen molar-refractivity contribution >= 4 is 45.6 Å². The number of carbonyl (C=O) groups is 1. The van der Waals surface area contributed by atoms with Crippen molar-refractivity contribution in [1.82, 2.24) is 10.6 Å². The van der Waals surface area contributed by atoms with E-state index in [2.05, 4.69) is 22.3 Å². The summed E-state index contributed by atoms with van der Waals surface area (Å²) in [6.45, 7) is 4.05. The second-order valence-electron chi connectivity index (χ2n) is 5.61. The van der Waals surface area contributed by atoms with E-state index in [0.717, 1.165) is 13.0 Å². The molecule has 0 aliphatic heterocycles. The molecule has 1 amide bonds. The summed E-state index contributed by atoms with van der Waals surface area (Å²) in [6, 6.07) is 12.3. The Balaban J connectivity index is 0.00000364. The molecule has 0 unspecified atom stereocenters. The zero-order valence-electron chi connectivity index (χ0n) is 14.9. The van der Waals surface area contributed by atoms with Crippen molar-refractivity contribution in [2.45, 2.75) is 18.2 Å². The fraction of sp³-hybridized carbons (Fsp3) is 0.278. The highest BCUT2D eigenvalue weighted by atomic mass is 35.5. The molecule has 6 nitrogen and oxygen atoms in total. The lowest BCUT2D eigenvalue weighted by molar-refractivity contribution is 0.0955. The molecule has 0 fully saturated rings. The minimum absolute atomic E-state index is 0. The first-order chi connectivity index (χ1) is 12.4. The van der Waals surface area contributed by atoms with E-state index in [4.69, 9.17) is 11.6 Å². The second-order valence-corrected chi connectivity index (χ2v) is 7.73. The van der Waals surface area contributed by atoms with Gasteiger partial charge in [0.25, 0.3) is 15.9 Å². The molecule has 0 radical (unpaired) electrons. The number of anilines is 1. The van der Waals surface area contributed by atoms with Crippen LogP contribution in [0.15, 0.2) is 53.4 Å². The number of sulfonamides is 1. The first kappa shape index (κ1) is 23.2. The predicted molar refractivity (Wildman–Crippen MR) is 111 cm³/mol. The van der Waals surface area contributed by atoms with Crippen molar-refractivity contribution < 1.29 is 13.2 Å². The van der Waals surface area contributed by atoms with Gasteiger partial charge in [0, 0.05) is 18.1 Å². The van der Waals surface area contributed by atoms with Gasteiger partial charge in [-0.05, 0) is 49.4 Å². The van der Waals surface area contributed by atoms with Crippen molar-refractivity contribution in [2.24, 2.45) is 0 Å².